The van der Waals surface area contributed by atoms with Gasteiger partial charge in [0, 0.05) is 54.7 Å². The number of benzene rings is 1. The summed E-state index contributed by atoms with van der Waals surface area (Å²) >= 11 is 0. The average molecular weight is 418 g/mol. The predicted octanol–water partition coefficient (Wildman–Crippen LogP) is 3.37. The standard InChI is InChI=1S/C25H23FN2O3/c1-4-5-17-8-15(2)22(16(3)9-17)23-19(29)11-25(12-20(23)30)13-28(14-25)24(31)18-6-7-27-21(26)10-18/h6-10,23H,11-14H2,1-3H3. The predicted molar refractivity (Wildman–Crippen MR) is 113 cm³/mol. The normalized spacial score (nSPS) is 17.9. The highest BCUT2D eigenvalue weighted by Gasteiger charge is 2.53. The van der Waals surface area contributed by atoms with Gasteiger partial charge in [0.1, 0.15) is 17.5 Å². The highest BCUT2D eigenvalue weighted by atomic mass is 19.1. The Kier molecular flexibility index (Phi) is 5.22. The molecule has 0 radical (unpaired) electrons. The minimum absolute atomic E-state index is 0.0983. The minimum atomic E-state index is -0.756. The molecule has 0 atom stereocenters. The van der Waals surface area contributed by atoms with E-state index in [9.17, 15) is 18.8 Å². The molecule has 1 saturated carbocycles. The molecule has 1 aromatic heterocycles. The van der Waals surface area contributed by atoms with Crippen LogP contribution in [0.2, 0.25) is 0 Å². The Bertz CT molecular complexity index is 1130. The molecule has 158 valence electrons. The maximum absolute atomic E-state index is 13.3. The molecule has 6 heteroatoms. The number of likely N-dealkylation sites (tertiary alicyclic amines) is 1. The van der Waals surface area contributed by atoms with Crippen LogP contribution in [0.1, 0.15) is 58.3 Å². The highest BCUT2D eigenvalue weighted by Crippen LogP contribution is 2.46. The fourth-order valence-electron chi connectivity index (χ4n) is 5.00. The monoisotopic (exact) mass is 418 g/mol. The summed E-state index contributed by atoms with van der Waals surface area (Å²) in [4.78, 5) is 43.8. The van der Waals surface area contributed by atoms with Gasteiger partial charge in [0.25, 0.3) is 5.91 Å². The zero-order valence-electron chi connectivity index (χ0n) is 17.8. The van der Waals surface area contributed by atoms with E-state index in [4.69, 9.17) is 0 Å². The first-order valence-corrected chi connectivity index (χ1v) is 10.2. The lowest BCUT2D eigenvalue weighted by Crippen LogP contribution is -2.62. The average Bonchev–Trinajstić information content (AvgIpc) is 2.67. The van der Waals surface area contributed by atoms with E-state index in [0.29, 0.717) is 13.1 Å². The quantitative estimate of drug-likeness (QED) is 0.426. The second-order valence-corrected chi connectivity index (χ2v) is 8.65. The van der Waals surface area contributed by atoms with E-state index in [0.717, 1.165) is 28.3 Å². The molecule has 1 aliphatic heterocycles. The van der Waals surface area contributed by atoms with Crippen LogP contribution < -0.4 is 0 Å². The number of Topliss-reactive ketones (excluding diaryl/α,β-unsaturated/α-hetero) is 2. The summed E-state index contributed by atoms with van der Waals surface area (Å²) < 4.78 is 13.3. The van der Waals surface area contributed by atoms with Crippen LogP contribution in [0.3, 0.4) is 0 Å². The Morgan fingerprint density at radius 3 is 2.29 bits per heavy atom. The van der Waals surface area contributed by atoms with Crippen molar-refractivity contribution < 1.29 is 18.8 Å². The maximum Gasteiger partial charge on any atom is 0.254 e. The van der Waals surface area contributed by atoms with Crippen molar-refractivity contribution in [2.75, 3.05) is 13.1 Å². The van der Waals surface area contributed by atoms with Crippen LogP contribution in [0, 0.1) is 37.1 Å². The summed E-state index contributed by atoms with van der Waals surface area (Å²) in [5, 5.41) is 0. The zero-order valence-corrected chi connectivity index (χ0v) is 17.8. The molecule has 2 heterocycles. The van der Waals surface area contributed by atoms with Gasteiger partial charge in [-0.25, -0.2) is 4.98 Å². The molecule has 1 saturated heterocycles. The number of aryl methyl sites for hydroxylation is 2. The fourth-order valence-corrected chi connectivity index (χ4v) is 5.00. The third-order valence-corrected chi connectivity index (χ3v) is 6.21. The van der Waals surface area contributed by atoms with Crippen LogP contribution in [0.5, 0.6) is 0 Å². The van der Waals surface area contributed by atoms with Crippen molar-refractivity contribution in [1.29, 1.82) is 0 Å². The van der Waals surface area contributed by atoms with Crippen molar-refractivity contribution in [3.05, 3.63) is 64.2 Å². The lowest BCUT2D eigenvalue weighted by atomic mass is 9.63. The zero-order chi connectivity index (χ0) is 22.3. The molecule has 0 bridgehead atoms. The number of carbonyl (C=O) groups excluding carboxylic acids is 3. The maximum atomic E-state index is 13.3. The summed E-state index contributed by atoms with van der Waals surface area (Å²) in [6, 6.07) is 6.39. The van der Waals surface area contributed by atoms with Crippen LogP contribution in [-0.2, 0) is 9.59 Å². The summed E-state index contributed by atoms with van der Waals surface area (Å²) in [5.41, 5.74) is 3.15. The number of carbonyl (C=O) groups is 3. The van der Waals surface area contributed by atoms with Crippen LogP contribution in [0.4, 0.5) is 4.39 Å². The van der Waals surface area contributed by atoms with Gasteiger partial charge >= 0.3 is 0 Å². The van der Waals surface area contributed by atoms with Crippen LogP contribution in [-0.4, -0.2) is 40.4 Å². The Balaban J connectivity index is 1.51. The topological polar surface area (TPSA) is 67.3 Å². The highest BCUT2D eigenvalue weighted by molar-refractivity contribution is 6.11. The van der Waals surface area contributed by atoms with E-state index < -0.39 is 17.3 Å². The number of aromatic nitrogens is 1. The molecule has 4 rings (SSSR count). The van der Waals surface area contributed by atoms with Crippen molar-refractivity contribution in [3.8, 4) is 11.8 Å². The van der Waals surface area contributed by atoms with Gasteiger partial charge in [0.2, 0.25) is 5.95 Å². The number of rotatable bonds is 2. The lowest BCUT2D eigenvalue weighted by molar-refractivity contribution is -0.141. The first-order valence-electron chi connectivity index (χ1n) is 10.2. The van der Waals surface area contributed by atoms with Crippen molar-refractivity contribution in [2.45, 2.75) is 39.5 Å². The molecule has 2 aliphatic rings. The molecule has 1 aliphatic carbocycles. The van der Waals surface area contributed by atoms with Gasteiger partial charge in [0.15, 0.2) is 0 Å². The van der Waals surface area contributed by atoms with E-state index in [1.807, 2.05) is 26.0 Å². The van der Waals surface area contributed by atoms with E-state index in [1.165, 1.54) is 12.3 Å². The number of amides is 1. The van der Waals surface area contributed by atoms with Gasteiger partial charge in [-0.3, -0.25) is 14.4 Å². The molecule has 1 amide bonds. The first kappa shape index (κ1) is 20.9. The Morgan fingerprint density at radius 1 is 1.13 bits per heavy atom. The SMILES string of the molecule is CC#Cc1cc(C)c(C2C(=O)CC3(CC2=O)CN(C(=O)c2ccnc(F)c2)C3)c(C)c1. The van der Waals surface area contributed by atoms with E-state index in [-0.39, 0.29) is 35.9 Å². The number of hydrogen-bond acceptors (Lipinski definition) is 4. The van der Waals surface area contributed by atoms with Gasteiger partial charge in [-0.15, -0.1) is 5.92 Å². The molecular formula is C25H23FN2O3. The molecule has 2 fully saturated rings. The van der Waals surface area contributed by atoms with Crippen LogP contribution in [0.15, 0.2) is 30.5 Å². The summed E-state index contributed by atoms with van der Waals surface area (Å²) in [7, 11) is 0. The number of ketones is 2. The third-order valence-electron chi connectivity index (χ3n) is 6.21. The van der Waals surface area contributed by atoms with Gasteiger partial charge in [0.05, 0.1) is 0 Å². The molecule has 31 heavy (non-hydrogen) atoms. The van der Waals surface area contributed by atoms with Crippen LogP contribution in [0.25, 0.3) is 0 Å². The summed E-state index contributed by atoms with van der Waals surface area (Å²) in [6.45, 7) is 6.23. The molecule has 0 N–H and O–H groups in total. The number of hydrogen-bond donors (Lipinski definition) is 0. The Labute approximate surface area is 180 Å². The molecule has 1 aromatic carbocycles. The molecular weight excluding hydrogens is 395 g/mol. The second kappa shape index (κ2) is 7.73. The van der Waals surface area contributed by atoms with Crippen LogP contribution >= 0.6 is 0 Å². The Hall–Kier alpha value is -3.33. The van der Waals surface area contributed by atoms with E-state index >= 15 is 0 Å². The third kappa shape index (κ3) is 3.76. The van der Waals surface area contributed by atoms with Crippen molar-refractivity contribution >= 4 is 17.5 Å². The van der Waals surface area contributed by atoms with Gasteiger partial charge in [-0.2, -0.15) is 4.39 Å². The largest absolute Gasteiger partial charge is 0.337 e. The molecule has 2 aromatic rings. The first-order chi connectivity index (χ1) is 14.7. The number of pyridine rings is 1. The Morgan fingerprint density at radius 2 is 1.74 bits per heavy atom. The van der Waals surface area contributed by atoms with Gasteiger partial charge in [-0.05, 0) is 55.7 Å². The minimum Gasteiger partial charge on any atom is -0.337 e. The van der Waals surface area contributed by atoms with E-state index in [1.54, 1.807) is 11.8 Å². The van der Waals surface area contributed by atoms with Gasteiger partial charge in [-0.1, -0.05) is 5.92 Å². The summed E-state index contributed by atoms with van der Waals surface area (Å²) in [5.74, 6) is 3.91. The molecule has 1 spiro atoms. The van der Waals surface area contributed by atoms with Gasteiger partial charge < -0.3 is 4.90 Å². The van der Waals surface area contributed by atoms with Crippen molar-refractivity contribution in [1.82, 2.24) is 9.88 Å². The lowest BCUT2D eigenvalue weighted by Gasteiger charge is -2.52. The van der Waals surface area contributed by atoms with Crippen molar-refractivity contribution in [2.24, 2.45) is 5.41 Å². The smallest absolute Gasteiger partial charge is 0.254 e. The molecule has 0 unspecified atom stereocenters. The number of nitrogens with zero attached hydrogens (tertiary/aromatic N) is 2. The fraction of sp³-hybridized carbons (Fsp3) is 0.360. The molecule has 5 nitrogen and oxygen atoms in total. The summed E-state index contributed by atoms with van der Waals surface area (Å²) in [6.07, 6.45) is 1.76. The second-order valence-electron chi connectivity index (χ2n) is 8.65. The van der Waals surface area contributed by atoms with E-state index in [2.05, 4.69) is 16.8 Å². The van der Waals surface area contributed by atoms with Crippen molar-refractivity contribution in [3.63, 3.8) is 0 Å². The number of halogens is 1.